The van der Waals surface area contributed by atoms with Gasteiger partial charge in [-0.3, -0.25) is 0 Å². The third kappa shape index (κ3) is 2.00. The molecule has 0 amide bonds. The van der Waals surface area contributed by atoms with Crippen LogP contribution in [0.2, 0.25) is 4.34 Å². The summed E-state index contributed by atoms with van der Waals surface area (Å²) in [5.41, 5.74) is 0.782. The molecule has 0 unspecified atom stereocenters. The van der Waals surface area contributed by atoms with Gasteiger partial charge in [0.2, 0.25) is 0 Å². The van der Waals surface area contributed by atoms with E-state index < -0.39 is 10.0 Å². The van der Waals surface area contributed by atoms with Gasteiger partial charge in [-0.2, -0.15) is 4.31 Å². The molecule has 16 heavy (non-hydrogen) atoms. The van der Waals surface area contributed by atoms with Crippen LogP contribution in [-0.2, 0) is 10.0 Å². The summed E-state index contributed by atoms with van der Waals surface area (Å²) in [6, 6.07) is 1.59. The van der Waals surface area contributed by atoms with Crippen molar-refractivity contribution in [1.29, 1.82) is 0 Å². The van der Waals surface area contributed by atoms with Gasteiger partial charge in [0.15, 0.2) is 0 Å². The second kappa shape index (κ2) is 4.27. The van der Waals surface area contributed by atoms with Gasteiger partial charge in [0, 0.05) is 25.6 Å². The van der Waals surface area contributed by atoms with Gasteiger partial charge < -0.3 is 5.11 Å². The summed E-state index contributed by atoms with van der Waals surface area (Å²) in [6.07, 6.45) is 0. The molecule has 1 fully saturated rings. The summed E-state index contributed by atoms with van der Waals surface area (Å²) < 4.78 is 26.2. The third-order valence-electron chi connectivity index (χ3n) is 2.61. The van der Waals surface area contributed by atoms with Gasteiger partial charge in [-0.05, 0) is 18.6 Å². The maximum absolute atomic E-state index is 12.0. The lowest BCUT2D eigenvalue weighted by atomic mass is 10.1. The quantitative estimate of drug-likeness (QED) is 0.909. The first-order chi connectivity index (χ1) is 7.45. The molecule has 1 aliphatic rings. The van der Waals surface area contributed by atoms with E-state index in [9.17, 15) is 8.42 Å². The smallest absolute Gasteiger partial charge is 0.252 e. The Morgan fingerprint density at radius 2 is 2.25 bits per heavy atom. The van der Waals surface area contributed by atoms with Gasteiger partial charge in [0.25, 0.3) is 10.0 Å². The molecule has 90 valence electrons. The van der Waals surface area contributed by atoms with Crippen molar-refractivity contribution >= 4 is 33.0 Å². The SMILES string of the molecule is Cc1cc(S(=O)(=O)N2CC(CO)C2)sc1Cl. The predicted molar refractivity (Wildman–Crippen MR) is 63.4 cm³/mol. The van der Waals surface area contributed by atoms with Crippen LogP contribution in [0.4, 0.5) is 0 Å². The highest BCUT2D eigenvalue weighted by molar-refractivity contribution is 7.91. The molecule has 2 heterocycles. The molecule has 0 aromatic carbocycles. The number of thiophene rings is 1. The second-order valence-electron chi connectivity index (χ2n) is 3.89. The molecule has 1 aliphatic heterocycles. The van der Waals surface area contributed by atoms with Crippen LogP contribution >= 0.6 is 22.9 Å². The van der Waals surface area contributed by atoms with Crippen molar-refractivity contribution in [3.05, 3.63) is 16.0 Å². The van der Waals surface area contributed by atoms with E-state index in [1.165, 1.54) is 4.31 Å². The van der Waals surface area contributed by atoms with E-state index in [1.54, 1.807) is 13.0 Å². The third-order valence-corrected chi connectivity index (χ3v) is 6.45. The normalized spacial score (nSPS) is 18.7. The molecule has 0 radical (unpaired) electrons. The van der Waals surface area contributed by atoms with Gasteiger partial charge in [0.1, 0.15) is 4.21 Å². The molecule has 2 rings (SSSR count). The van der Waals surface area contributed by atoms with Crippen molar-refractivity contribution in [2.75, 3.05) is 19.7 Å². The number of aryl methyl sites for hydroxylation is 1. The average molecular weight is 282 g/mol. The number of aliphatic hydroxyl groups is 1. The Labute approximate surface area is 104 Å². The van der Waals surface area contributed by atoms with Crippen LogP contribution in [0.3, 0.4) is 0 Å². The maximum atomic E-state index is 12.0. The summed E-state index contributed by atoms with van der Waals surface area (Å²) in [7, 11) is -3.39. The Bertz CT molecular complexity index is 471. The van der Waals surface area contributed by atoms with Crippen LogP contribution in [0.5, 0.6) is 0 Å². The molecule has 0 saturated carbocycles. The van der Waals surface area contributed by atoms with Crippen LogP contribution in [0.25, 0.3) is 0 Å². The largest absolute Gasteiger partial charge is 0.396 e. The fraction of sp³-hybridized carbons (Fsp3) is 0.556. The number of halogens is 1. The van der Waals surface area contributed by atoms with E-state index in [-0.39, 0.29) is 16.7 Å². The molecule has 1 saturated heterocycles. The van der Waals surface area contributed by atoms with E-state index in [4.69, 9.17) is 16.7 Å². The Morgan fingerprint density at radius 1 is 1.62 bits per heavy atom. The van der Waals surface area contributed by atoms with Crippen LogP contribution < -0.4 is 0 Å². The Morgan fingerprint density at radius 3 is 2.69 bits per heavy atom. The lowest BCUT2D eigenvalue weighted by Gasteiger charge is -2.36. The molecule has 0 spiro atoms. The average Bonchev–Trinajstić information content (AvgIpc) is 2.45. The summed E-state index contributed by atoms with van der Waals surface area (Å²) >= 11 is 6.93. The topological polar surface area (TPSA) is 57.6 Å². The van der Waals surface area contributed by atoms with Gasteiger partial charge in [-0.1, -0.05) is 11.6 Å². The Kier molecular flexibility index (Phi) is 3.29. The summed E-state index contributed by atoms with van der Waals surface area (Å²) in [5, 5.41) is 8.85. The van der Waals surface area contributed by atoms with E-state index >= 15 is 0 Å². The molecule has 7 heteroatoms. The maximum Gasteiger partial charge on any atom is 0.252 e. The molecule has 4 nitrogen and oxygen atoms in total. The van der Waals surface area contributed by atoms with Crippen LogP contribution in [-0.4, -0.2) is 37.5 Å². The summed E-state index contributed by atoms with van der Waals surface area (Å²) in [4.78, 5) is 0. The van der Waals surface area contributed by atoms with Crippen molar-refractivity contribution < 1.29 is 13.5 Å². The molecule has 0 aliphatic carbocycles. The lowest BCUT2D eigenvalue weighted by Crippen LogP contribution is -2.50. The van der Waals surface area contributed by atoms with Crippen LogP contribution in [0.1, 0.15) is 5.56 Å². The minimum Gasteiger partial charge on any atom is -0.396 e. The number of hydrogen-bond donors (Lipinski definition) is 1. The molecule has 0 atom stereocenters. The van der Waals surface area contributed by atoms with Crippen LogP contribution in [0.15, 0.2) is 10.3 Å². The van der Waals surface area contributed by atoms with Crippen LogP contribution in [0, 0.1) is 12.8 Å². The highest BCUT2D eigenvalue weighted by Gasteiger charge is 2.37. The highest BCUT2D eigenvalue weighted by Crippen LogP contribution is 2.34. The molecule has 1 aromatic heterocycles. The first kappa shape index (κ1) is 12.3. The van der Waals surface area contributed by atoms with Gasteiger partial charge in [-0.15, -0.1) is 11.3 Å². The first-order valence-corrected chi connectivity index (χ1v) is 7.45. The van der Waals surface area contributed by atoms with Crippen molar-refractivity contribution in [3.63, 3.8) is 0 Å². The minimum absolute atomic E-state index is 0.0379. The van der Waals surface area contributed by atoms with E-state index in [0.717, 1.165) is 16.9 Å². The zero-order valence-corrected chi connectivity index (χ0v) is 11.1. The Hall–Kier alpha value is -0.140. The monoisotopic (exact) mass is 281 g/mol. The van der Waals surface area contributed by atoms with Gasteiger partial charge in [-0.25, -0.2) is 8.42 Å². The van der Waals surface area contributed by atoms with Crippen molar-refractivity contribution in [1.82, 2.24) is 4.31 Å². The van der Waals surface area contributed by atoms with E-state index in [0.29, 0.717) is 17.4 Å². The predicted octanol–water partition coefficient (Wildman–Crippen LogP) is 1.32. The molecular weight excluding hydrogens is 270 g/mol. The lowest BCUT2D eigenvalue weighted by molar-refractivity contribution is 0.117. The summed E-state index contributed by atoms with van der Waals surface area (Å²) in [6.45, 7) is 2.61. The zero-order valence-electron chi connectivity index (χ0n) is 8.68. The molecular formula is C9H12ClNO3S2. The van der Waals surface area contributed by atoms with Crippen molar-refractivity contribution in [2.45, 2.75) is 11.1 Å². The molecule has 1 N–H and O–H groups in total. The number of nitrogens with zero attached hydrogens (tertiary/aromatic N) is 1. The second-order valence-corrected chi connectivity index (χ2v) is 7.71. The van der Waals surface area contributed by atoms with Gasteiger partial charge >= 0.3 is 0 Å². The standard InChI is InChI=1S/C9H12ClNO3S2/c1-6-2-8(15-9(6)10)16(13,14)11-3-7(4-11)5-12/h2,7,12H,3-5H2,1H3. The fourth-order valence-electron chi connectivity index (χ4n) is 1.52. The first-order valence-electron chi connectivity index (χ1n) is 4.82. The summed E-state index contributed by atoms with van der Waals surface area (Å²) in [5.74, 6) is 0.0753. The number of rotatable bonds is 3. The van der Waals surface area contributed by atoms with E-state index in [2.05, 4.69) is 0 Å². The Balaban J connectivity index is 2.20. The van der Waals surface area contributed by atoms with Crippen molar-refractivity contribution in [3.8, 4) is 0 Å². The van der Waals surface area contributed by atoms with E-state index in [1.807, 2.05) is 0 Å². The number of sulfonamides is 1. The molecule has 1 aromatic rings. The fourth-order valence-corrected chi connectivity index (χ4v) is 4.98. The molecule has 0 bridgehead atoms. The van der Waals surface area contributed by atoms with Gasteiger partial charge in [0.05, 0.1) is 4.34 Å². The zero-order chi connectivity index (χ0) is 11.9. The minimum atomic E-state index is -3.39. The highest BCUT2D eigenvalue weighted by atomic mass is 35.5. The number of aliphatic hydroxyl groups excluding tert-OH is 1. The number of hydrogen-bond acceptors (Lipinski definition) is 4. The van der Waals surface area contributed by atoms with Crippen molar-refractivity contribution in [2.24, 2.45) is 5.92 Å².